The van der Waals surface area contributed by atoms with Crippen LogP contribution >= 0.6 is 7.14 Å². The molecule has 3 heterocycles. The van der Waals surface area contributed by atoms with Crippen molar-refractivity contribution >= 4 is 34.0 Å². The van der Waals surface area contributed by atoms with Crippen LogP contribution in [0, 0.1) is 5.92 Å². The molecule has 2 unspecified atom stereocenters. The highest BCUT2D eigenvalue weighted by atomic mass is 32.2. The van der Waals surface area contributed by atoms with Crippen molar-refractivity contribution in [2.45, 2.75) is 37.4 Å². The van der Waals surface area contributed by atoms with Gasteiger partial charge in [-0.15, -0.1) is 0 Å². The Bertz CT molecular complexity index is 1640. The summed E-state index contributed by atoms with van der Waals surface area (Å²) in [4.78, 5) is 13.9. The van der Waals surface area contributed by atoms with E-state index in [0.29, 0.717) is 28.5 Å². The fourth-order valence-electron chi connectivity index (χ4n) is 5.51. The SMILES string of the molecule is CC1CCN(Cc2ccccc2)CC1N(C)c1ncnc2c1cc(COCP(C)(C)=O)n2S(=O)(=O)c1ccccc1. The summed E-state index contributed by atoms with van der Waals surface area (Å²) in [5, 5.41) is 0.636. The zero-order chi connectivity index (χ0) is 29.2. The number of likely N-dealkylation sites (N-methyl/N-ethyl adjacent to an activating group) is 1. The van der Waals surface area contributed by atoms with Crippen molar-refractivity contribution < 1.29 is 17.7 Å². The summed E-state index contributed by atoms with van der Waals surface area (Å²) in [6, 6.07) is 20.7. The van der Waals surface area contributed by atoms with E-state index >= 15 is 0 Å². The number of fused-ring (bicyclic) bond motifs is 1. The Hall–Kier alpha value is -3.04. The third kappa shape index (κ3) is 6.56. The molecule has 0 bridgehead atoms. The van der Waals surface area contributed by atoms with E-state index in [4.69, 9.17) is 4.74 Å². The lowest BCUT2D eigenvalue weighted by atomic mass is 9.92. The fourth-order valence-corrected chi connectivity index (χ4v) is 7.54. The molecule has 2 aromatic carbocycles. The molecule has 1 aliphatic heterocycles. The summed E-state index contributed by atoms with van der Waals surface area (Å²) in [5.41, 5.74) is 1.99. The van der Waals surface area contributed by atoms with Crippen LogP contribution in [0.15, 0.2) is 78.0 Å². The number of anilines is 1. The van der Waals surface area contributed by atoms with Crippen molar-refractivity contribution in [3.05, 3.63) is 84.3 Å². The average molecular weight is 596 g/mol. The molecule has 2 aromatic heterocycles. The Morgan fingerprint density at radius 2 is 1.73 bits per heavy atom. The van der Waals surface area contributed by atoms with Gasteiger partial charge in [-0.3, -0.25) is 4.90 Å². The van der Waals surface area contributed by atoms with Crippen molar-refractivity contribution in [3.8, 4) is 0 Å². The van der Waals surface area contributed by atoms with E-state index in [0.717, 1.165) is 26.1 Å². The standard InChI is InChI=1S/C30H38N5O4PS/c1-23-15-16-34(18-24-11-7-5-8-12-24)19-28(23)33(2)29-27-17-25(20-39-22-40(3,4)36)35(30(27)32-21-31-29)41(37,38)26-13-9-6-10-14-26/h5-14,17,21,23,28H,15-16,18-20,22H2,1-4H3. The topological polar surface area (TPSA) is 97.6 Å². The number of hydrogen-bond acceptors (Lipinski definition) is 8. The quantitative estimate of drug-likeness (QED) is 0.233. The average Bonchev–Trinajstić information content (AvgIpc) is 3.33. The first-order valence-electron chi connectivity index (χ1n) is 13.8. The summed E-state index contributed by atoms with van der Waals surface area (Å²) < 4.78 is 47.1. The second kappa shape index (κ2) is 12.1. The monoisotopic (exact) mass is 595 g/mol. The number of ether oxygens (including phenoxy) is 1. The first kappa shape index (κ1) is 29.5. The number of piperidine rings is 1. The predicted molar refractivity (Wildman–Crippen MR) is 163 cm³/mol. The maximum Gasteiger partial charge on any atom is 0.269 e. The molecule has 0 radical (unpaired) electrons. The predicted octanol–water partition coefficient (Wildman–Crippen LogP) is 5.11. The normalized spacial score (nSPS) is 18.5. The van der Waals surface area contributed by atoms with Gasteiger partial charge >= 0.3 is 0 Å². The lowest BCUT2D eigenvalue weighted by Crippen LogP contribution is -2.50. The summed E-state index contributed by atoms with van der Waals surface area (Å²) in [7, 11) is -4.42. The third-order valence-corrected chi connectivity index (χ3v) is 10.2. The van der Waals surface area contributed by atoms with Crippen molar-refractivity contribution in [1.82, 2.24) is 18.8 Å². The van der Waals surface area contributed by atoms with E-state index in [2.05, 4.69) is 51.0 Å². The molecule has 9 nitrogen and oxygen atoms in total. The Morgan fingerprint density at radius 1 is 1.05 bits per heavy atom. The van der Waals surface area contributed by atoms with Crippen LogP contribution in [0.1, 0.15) is 24.6 Å². The molecule has 0 spiro atoms. The maximum absolute atomic E-state index is 13.9. The van der Waals surface area contributed by atoms with Crippen molar-refractivity contribution in [3.63, 3.8) is 0 Å². The largest absolute Gasteiger partial charge is 0.368 e. The third-order valence-electron chi connectivity index (χ3n) is 7.62. The minimum absolute atomic E-state index is 0.0259. The molecule has 0 saturated carbocycles. The summed E-state index contributed by atoms with van der Waals surface area (Å²) in [6.45, 7) is 8.29. The highest BCUT2D eigenvalue weighted by Crippen LogP contribution is 2.37. The molecular weight excluding hydrogens is 557 g/mol. The first-order valence-corrected chi connectivity index (χ1v) is 18.0. The van der Waals surface area contributed by atoms with Crippen LogP contribution in [0.4, 0.5) is 5.82 Å². The van der Waals surface area contributed by atoms with Gasteiger partial charge in [-0.25, -0.2) is 22.4 Å². The van der Waals surface area contributed by atoms with Gasteiger partial charge in [0, 0.05) is 26.2 Å². The highest BCUT2D eigenvalue weighted by Gasteiger charge is 2.32. The number of nitrogens with zero attached hydrogens (tertiary/aromatic N) is 5. The van der Waals surface area contributed by atoms with Crippen LogP contribution in [-0.2, 0) is 32.5 Å². The van der Waals surface area contributed by atoms with E-state index < -0.39 is 17.2 Å². The van der Waals surface area contributed by atoms with Gasteiger partial charge in [0.05, 0.1) is 28.9 Å². The van der Waals surface area contributed by atoms with Gasteiger partial charge < -0.3 is 14.2 Å². The van der Waals surface area contributed by atoms with Crippen LogP contribution in [0.5, 0.6) is 0 Å². The molecular formula is C30H38N5O4PS. The van der Waals surface area contributed by atoms with E-state index in [-0.39, 0.29) is 23.9 Å². The number of benzene rings is 2. The number of hydrogen-bond donors (Lipinski definition) is 0. The lowest BCUT2D eigenvalue weighted by Gasteiger charge is -2.42. The van der Waals surface area contributed by atoms with Crippen LogP contribution in [0.25, 0.3) is 11.0 Å². The Kier molecular flexibility index (Phi) is 8.66. The molecule has 4 aromatic rings. The molecule has 1 saturated heterocycles. The summed E-state index contributed by atoms with van der Waals surface area (Å²) >= 11 is 0. The van der Waals surface area contributed by atoms with Gasteiger partial charge in [0.15, 0.2) is 5.65 Å². The molecule has 41 heavy (non-hydrogen) atoms. The number of aromatic nitrogens is 3. The minimum Gasteiger partial charge on any atom is -0.368 e. The molecule has 1 aliphatic rings. The Balaban J connectivity index is 1.52. The second-order valence-corrected chi connectivity index (χ2v) is 16.6. The van der Waals surface area contributed by atoms with Gasteiger partial charge in [-0.2, -0.15) is 0 Å². The minimum atomic E-state index is -3.99. The van der Waals surface area contributed by atoms with Crippen LogP contribution in [-0.4, -0.2) is 73.1 Å². The van der Waals surface area contributed by atoms with Crippen molar-refractivity contribution in [1.29, 1.82) is 0 Å². The second-order valence-electron chi connectivity index (χ2n) is 11.4. The van der Waals surface area contributed by atoms with E-state index in [1.54, 1.807) is 49.7 Å². The van der Waals surface area contributed by atoms with Gasteiger partial charge in [0.25, 0.3) is 10.0 Å². The van der Waals surface area contributed by atoms with Crippen molar-refractivity contribution in [2.75, 3.05) is 44.7 Å². The van der Waals surface area contributed by atoms with Gasteiger partial charge in [-0.1, -0.05) is 55.5 Å². The molecule has 0 N–H and O–H groups in total. The Labute approximate surface area is 242 Å². The number of likely N-dealkylation sites (tertiary alicyclic amines) is 1. The lowest BCUT2D eigenvalue weighted by molar-refractivity contribution is 0.159. The van der Waals surface area contributed by atoms with Gasteiger partial charge in [-0.05, 0) is 56.0 Å². The fraction of sp³-hybridized carbons (Fsp3) is 0.400. The molecule has 218 valence electrons. The smallest absolute Gasteiger partial charge is 0.269 e. The Morgan fingerprint density at radius 3 is 2.41 bits per heavy atom. The first-order chi connectivity index (χ1) is 19.5. The zero-order valence-corrected chi connectivity index (χ0v) is 25.8. The molecule has 11 heteroatoms. The molecule has 1 fully saturated rings. The molecule has 5 rings (SSSR count). The van der Waals surface area contributed by atoms with Gasteiger partial charge in [0.2, 0.25) is 0 Å². The van der Waals surface area contributed by atoms with E-state index in [1.807, 2.05) is 13.1 Å². The van der Waals surface area contributed by atoms with Crippen LogP contribution in [0.2, 0.25) is 0 Å². The zero-order valence-electron chi connectivity index (χ0n) is 24.1. The molecule has 0 aliphatic carbocycles. The van der Waals surface area contributed by atoms with Crippen LogP contribution < -0.4 is 4.90 Å². The highest BCUT2D eigenvalue weighted by molar-refractivity contribution is 7.90. The van der Waals surface area contributed by atoms with Crippen molar-refractivity contribution in [2.24, 2.45) is 5.92 Å². The molecule has 0 amide bonds. The van der Waals surface area contributed by atoms with Gasteiger partial charge in [0.1, 0.15) is 19.3 Å². The number of rotatable bonds is 10. The van der Waals surface area contributed by atoms with Crippen LogP contribution in [0.3, 0.4) is 0 Å². The maximum atomic E-state index is 13.9. The summed E-state index contributed by atoms with van der Waals surface area (Å²) in [6.07, 6.45) is 2.53. The molecule has 2 atom stereocenters. The van der Waals surface area contributed by atoms with E-state index in [1.165, 1.54) is 15.9 Å². The van der Waals surface area contributed by atoms with E-state index in [9.17, 15) is 13.0 Å². The summed E-state index contributed by atoms with van der Waals surface area (Å²) in [5.74, 6) is 1.09.